The minimum Gasteiger partial charge on any atom is -0.285 e. The van der Waals surface area contributed by atoms with Crippen molar-refractivity contribution in [3.05, 3.63) is 24.3 Å². The fraction of sp³-hybridized carbons (Fsp3) is 0.500. The van der Waals surface area contributed by atoms with Crippen LogP contribution in [0.25, 0.3) is 0 Å². The van der Waals surface area contributed by atoms with Gasteiger partial charge in [0.1, 0.15) is 4.75 Å². The van der Waals surface area contributed by atoms with Crippen molar-refractivity contribution in [2.45, 2.75) is 18.6 Å². The van der Waals surface area contributed by atoms with Crippen molar-refractivity contribution in [1.29, 1.82) is 0 Å². The molecule has 0 aromatic heterocycles. The monoisotopic (exact) mass is 188 g/mol. The fourth-order valence-electron chi connectivity index (χ4n) is 1.14. The van der Waals surface area contributed by atoms with Crippen molar-refractivity contribution in [2.24, 2.45) is 5.92 Å². The average Bonchev–Trinajstić information content (AvgIpc) is 1.93. The van der Waals surface area contributed by atoms with Gasteiger partial charge < -0.3 is 0 Å². The molecule has 1 aliphatic rings. The predicted octanol–water partition coefficient (Wildman–Crippen LogP) is 1.40. The molecule has 0 aromatic carbocycles. The smallest absolute Gasteiger partial charge is 0.274 e. The third-order valence-corrected chi connectivity index (χ3v) is 4.02. The maximum atomic E-state index is 11.0. The maximum absolute atomic E-state index is 11.0. The lowest BCUT2D eigenvalue weighted by Crippen LogP contribution is -2.39. The molecular weight excluding hydrogens is 176 g/mol. The second-order valence-corrected chi connectivity index (χ2v) is 5.02. The van der Waals surface area contributed by atoms with Crippen molar-refractivity contribution in [3.8, 4) is 0 Å². The van der Waals surface area contributed by atoms with Crippen LogP contribution in [0.2, 0.25) is 0 Å². The molecule has 0 bridgehead atoms. The van der Waals surface area contributed by atoms with Crippen LogP contribution >= 0.6 is 0 Å². The summed E-state index contributed by atoms with van der Waals surface area (Å²) in [7, 11) is -4.01. The van der Waals surface area contributed by atoms with Crippen LogP contribution in [0.1, 0.15) is 13.8 Å². The fourth-order valence-corrected chi connectivity index (χ4v) is 1.94. The minimum absolute atomic E-state index is 0.197. The lowest BCUT2D eigenvalue weighted by molar-refractivity contribution is 0.426. The van der Waals surface area contributed by atoms with E-state index in [9.17, 15) is 8.42 Å². The zero-order valence-electron chi connectivity index (χ0n) is 7.06. The van der Waals surface area contributed by atoms with Crippen LogP contribution in [-0.2, 0) is 10.1 Å². The molecule has 0 saturated heterocycles. The number of rotatable bonds is 1. The van der Waals surface area contributed by atoms with Gasteiger partial charge in [0.15, 0.2) is 0 Å². The van der Waals surface area contributed by atoms with E-state index in [1.165, 1.54) is 13.0 Å². The Morgan fingerprint density at radius 3 is 2.33 bits per heavy atom. The second-order valence-electron chi connectivity index (χ2n) is 3.19. The van der Waals surface area contributed by atoms with E-state index in [1.54, 1.807) is 25.2 Å². The molecule has 0 amide bonds. The molecule has 12 heavy (non-hydrogen) atoms. The first-order valence-corrected chi connectivity index (χ1v) is 5.15. The maximum Gasteiger partial charge on any atom is 0.274 e. The third-order valence-electron chi connectivity index (χ3n) is 2.40. The van der Waals surface area contributed by atoms with Gasteiger partial charge in [-0.05, 0) is 12.8 Å². The quantitative estimate of drug-likeness (QED) is 0.633. The predicted molar refractivity (Wildman–Crippen MR) is 47.4 cm³/mol. The van der Waals surface area contributed by atoms with E-state index in [2.05, 4.69) is 0 Å². The highest BCUT2D eigenvalue weighted by atomic mass is 32.2. The first-order chi connectivity index (χ1) is 5.38. The van der Waals surface area contributed by atoms with E-state index in [0.29, 0.717) is 0 Å². The van der Waals surface area contributed by atoms with Crippen molar-refractivity contribution in [2.75, 3.05) is 0 Å². The van der Waals surface area contributed by atoms with E-state index in [-0.39, 0.29) is 5.92 Å². The molecule has 0 unspecified atom stereocenters. The van der Waals surface area contributed by atoms with Crippen molar-refractivity contribution in [3.63, 3.8) is 0 Å². The summed E-state index contributed by atoms with van der Waals surface area (Å²) >= 11 is 0. The SMILES string of the molecule is C[C@H]1C=CC=C[C@@]1(C)S(=O)(=O)O. The number of hydrogen-bond acceptors (Lipinski definition) is 2. The Balaban J connectivity index is 3.16. The Morgan fingerprint density at radius 2 is 2.00 bits per heavy atom. The molecule has 1 aliphatic carbocycles. The molecule has 68 valence electrons. The zero-order valence-corrected chi connectivity index (χ0v) is 7.88. The number of allylic oxidation sites excluding steroid dienone is 3. The Labute approximate surface area is 72.5 Å². The van der Waals surface area contributed by atoms with E-state index in [0.717, 1.165) is 0 Å². The molecule has 0 aliphatic heterocycles. The highest BCUT2D eigenvalue weighted by molar-refractivity contribution is 7.87. The molecule has 3 nitrogen and oxygen atoms in total. The molecule has 0 radical (unpaired) electrons. The van der Waals surface area contributed by atoms with Gasteiger partial charge in [0.25, 0.3) is 10.1 Å². The van der Waals surface area contributed by atoms with Crippen molar-refractivity contribution in [1.82, 2.24) is 0 Å². The Kier molecular flexibility index (Phi) is 2.14. The summed E-state index contributed by atoms with van der Waals surface area (Å²) in [5.74, 6) is -0.197. The first kappa shape index (κ1) is 9.48. The molecule has 0 spiro atoms. The van der Waals surface area contributed by atoms with Crippen LogP contribution in [0.15, 0.2) is 24.3 Å². The van der Waals surface area contributed by atoms with E-state index >= 15 is 0 Å². The highest BCUT2D eigenvalue weighted by Crippen LogP contribution is 2.30. The Morgan fingerprint density at radius 1 is 1.42 bits per heavy atom. The van der Waals surface area contributed by atoms with Gasteiger partial charge in [0.2, 0.25) is 0 Å². The normalized spacial score (nSPS) is 35.4. The van der Waals surface area contributed by atoms with Crippen LogP contribution in [0.4, 0.5) is 0 Å². The molecule has 0 aromatic rings. The summed E-state index contributed by atoms with van der Waals surface area (Å²) in [5.41, 5.74) is 0. The minimum atomic E-state index is -4.01. The Bertz CT molecular complexity index is 326. The average molecular weight is 188 g/mol. The van der Waals surface area contributed by atoms with Gasteiger partial charge in [0, 0.05) is 0 Å². The Hall–Kier alpha value is -0.610. The summed E-state index contributed by atoms with van der Waals surface area (Å²) in [5, 5.41) is 0. The van der Waals surface area contributed by atoms with Gasteiger partial charge in [-0.25, -0.2) is 0 Å². The summed E-state index contributed by atoms with van der Waals surface area (Å²) < 4.78 is 29.8. The van der Waals surface area contributed by atoms with Crippen LogP contribution in [0.5, 0.6) is 0 Å². The largest absolute Gasteiger partial charge is 0.285 e. The third kappa shape index (κ3) is 1.32. The summed E-state index contributed by atoms with van der Waals surface area (Å²) in [4.78, 5) is 0. The van der Waals surface area contributed by atoms with Crippen LogP contribution in [0.3, 0.4) is 0 Å². The summed E-state index contributed by atoms with van der Waals surface area (Å²) in [6.45, 7) is 3.26. The standard InChI is InChI=1S/C8H12O3S/c1-7-5-3-4-6-8(7,2)12(9,10)11/h3-7H,1-2H3,(H,9,10,11)/t7-,8+/m0/s1. The van der Waals surface area contributed by atoms with E-state index < -0.39 is 14.9 Å². The topological polar surface area (TPSA) is 54.4 Å². The number of hydrogen-bond donors (Lipinski definition) is 1. The van der Waals surface area contributed by atoms with Gasteiger partial charge in [-0.15, -0.1) is 0 Å². The molecule has 2 atom stereocenters. The highest BCUT2D eigenvalue weighted by Gasteiger charge is 2.40. The lowest BCUT2D eigenvalue weighted by Gasteiger charge is -2.29. The van der Waals surface area contributed by atoms with Crippen molar-refractivity contribution < 1.29 is 13.0 Å². The first-order valence-electron chi connectivity index (χ1n) is 3.71. The lowest BCUT2D eigenvalue weighted by atomic mass is 9.91. The molecule has 0 saturated carbocycles. The summed E-state index contributed by atoms with van der Waals surface area (Å²) in [6, 6.07) is 0. The zero-order chi connectivity index (χ0) is 9.41. The van der Waals surface area contributed by atoms with Crippen LogP contribution < -0.4 is 0 Å². The van der Waals surface area contributed by atoms with Gasteiger partial charge in [-0.2, -0.15) is 8.42 Å². The molecule has 0 fully saturated rings. The summed E-state index contributed by atoms with van der Waals surface area (Å²) in [6.07, 6.45) is 6.67. The van der Waals surface area contributed by atoms with E-state index in [4.69, 9.17) is 4.55 Å². The van der Waals surface area contributed by atoms with E-state index in [1.807, 2.05) is 0 Å². The van der Waals surface area contributed by atoms with Crippen LogP contribution in [-0.4, -0.2) is 17.7 Å². The molecular formula is C8H12O3S. The second kappa shape index (κ2) is 2.71. The molecule has 0 heterocycles. The van der Waals surface area contributed by atoms with Crippen molar-refractivity contribution >= 4 is 10.1 Å². The van der Waals surface area contributed by atoms with Gasteiger partial charge >= 0.3 is 0 Å². The van der Waals surface area contributed by atoms with Gasteiger partial charge in [0.05, 0.1) is 0 Å². The van der Waals surface area contributed by atoms with Gasteiger partial charge in [-0.3, -0.25) is 4.55 Å². The molecule has 4 heteroatoms. The molecule has 1 N–H and O–H groups in total. The van der Waals surface area contributed by atoms with Gasteiger partial charge in [-0.1, -0.05) is 31.2 Å². The van der Waals surface area contributed by atoms with Crippen LogP contribution in [0, 0.1) is 5.92 Å². The molecule has 1 rings (SSSR count).